The van der Waals surface area contributed by atoms with Gasteiger partial charge in [-0.1, -0.05) is 35.3 Å². The highest BCUT2D eigenvalue weighted by molar-refractivity contribution is 6.34. The van der Waals surface area contributed by atoms with Crippen molar-refractivity contribution in [2.24, 2.45) is 0 Å². The van der Waals surface area contributed by atoms with Crippen LogP contribution < -0.4 is 19.7 Å². The Bertz CT molecular complexity index is 823. The molecular formula is C18H16Cl2N2O4. The van der Waals surface area contributed by atoms with Gasteiger partial charge in [-0.2, -0.15) is 0 Å². The molecule has 1 N–H and O–H groups in total. The number of nitrogens with zero attached hydrogens (tertiary/aromatic N) is 1. The molecule has 0 unspecified atom stereocenters. The zero-order chi connectivity index (χ0) is 18.7. The molecule has 8 heteroatoms. The molecule has 0 radical (unpaired) electrons. The number of nitrogens with one attached hydrogen (secondary N) is 1. The third-order valence-corrected chi connectivity index (χ3v) is 4.25. The summed E-state index contributed by atoms with van der Waals surface area (Å²) < 4.78 is 11.2. The lowest BCUT2D eigenvalue weighted by Crippen LogP contribution is -2.51. The molecule has 0 bridgehead atoms. The number of ether oxygens (including phenoxy) is 2. The second-order valence-corrected chi connectivity index (χ2v) is 6.46. The van der Waals surface area contributed by atoms with E-state index in [-0.39, 0.29) is 25.0 Å². The Hall–Kier alpha value is -2.44. The molecule has 0 spiro atoms. The fraction of sp³-hybridized carbons (Fsp3) is 0.222. The number of amides is 2. The molecule has 2 amide bonds. The van der Waals surface area contributed by atoms with Gasteiger partial charge in [0.2, 0.25) is 0 Å². The number of anilines is 1. The number of hydrogen-bond acceptors (Lipinski definition) is 4. The van der Waals surface area contributed by atoms with Crippen LogP contribution >= 0.6 is 23.2 Å². The van der Waals surface area contributed by atoms with Crippen molar-refractivity contribution in [3.05, 3.63) is 52.5 Å². The van der Waals surface area contributed by atoms with E-state index in [4.69, 9.17) is 32.7 Å². The predicted octanol–water partition coefficient (Wildman–Crippen LogP) is 2.91. The molecule has 0 aromatic heterocycles. The van der Waals surface area contributed by atoms with Gasteiger partial charge in [0.05, 0.1) is 12.2 Å². The Morgan fingerprint density at radius 1 is 1.23 bits per heavy atom. The van der Waals surface area contributed by atoms with Crippen LogP contribution in [0.4, 0.5) is 5.69 Å². The van der Waals surface area contributed by atoms with Crippen LogP contribution in [0.5, 0.6) is 11.5 Å². The first kappa shape index (κ1) is 18.4. The highest BCUT2D eigenvalue weighted by atomic mass is 35.5. The molecule has 26 heavy (non-hydrogen) atoms. The summed E-state index contributed by atoms with van der Waals surface area (Å²) in [4.78, 5) is 26.1. The van der Waals surface area contributed by atoms with Gasteiger partial charge in [-0.25, -0.2) is 0 Å². The predicted molar refractivity (Wildman–Crippen MR) is 99.2 cm³/mol. The number of fused-ring (bicyclic) bond motifs is 1. The van der Waals surface area contributed by atoms with Crippen LogP contribution in [0.15, 0.2) is 42.5 Å². The summed E-state index contributed by atoms with van der Waals surface area (Å²) in [5.41, 5.74) is 0.588. The molecule has 2 aromatic rings. The van der Waals surface area contributed by atoms with E-state index in [1.807, 2.05) is 0 Å². The smallest absolute Gasteiger partial charge is 0.265 e. The molecule has 136 valence electrons. The van der Waals surface area contributed by atoms with Gasteiger partial charge in [0, 0.05) is 17.1 Å². The monoisotopic (exact) mass is 394 g/mol. The molecule has 1 aliphatic rings. The number of carbonyl (C=O) groups is 2. The van der Waals surface area contributed by atoms with Crippen molar-refractivity contribution in [1.29, 1.82) is 0 Å². The maximum atomic E-state index is 12.7. The van der Waals surface area contributed by atoms with E-state index in [0.29, 0.717) is 27.2 Å². The second-order valence-electron chi connectivity index (χ2n) is 5.59. The fourth-order valence-electron chi connectivity index (χ4n) is 2.60. The number of rotatable bonds is 4. The van der Waals surface area contributed by atoms with Gasteiger partial charge in [-0.15, -0.1) is 0 Å². The van der Waals surface area contributed by atoms with E-state index in [9.17, 15) is 9.59 Å². The van der Waals surface area contributed by atoms with Crippen LogP contribution in [0.2, 0.25) is 10.0 Å². The molecule has 0 fully saturated rings. The molecule has 1 atom stereocenters. The van der Waals surface area contributed by atoms with E-state index in [1.165, 1.54) is 11.9 Å². The first-order chi connectivity index (χ1) is 12.5. The molecule has 1 heterocycles. The summed E-state index contributed by atoms with van der Waals surface area (Å²) in [6.45, 7) is -0.138. The third kappa shape index (κ3) is 4.03. The van der Waals surface area contributed by atoms with Crippen molar-refractivity contribution in [2.75, 3.05) is 25.1 Å². The first-order valence-corrected chi connectivity index (χ1v) is 8.60. The summed E-state index contributed by atoms with van der Waals surface area (Å²) >= 11 is 11.9. The van der Waals surface area contributed by atoms with Crippen molar-refractivity contribution in [3.63, 3.8) is 0 Å². The van der Waals surface area contributed by atoms with E-state index in [1.54, 1.807) is 42.5 Å². The van der Waals surface area contributed by atoms with Crippen LogP contribution in [0.1, 0.15) is 0 Å². The molecule has 0 saturated heterocycles. The molecule has 2 aromatic carbocycles. The Morgan fingerprint density at radius 3 is 2.62 bits per heavy atom. The van der Waals surface area contributed by atoms with Gasteiger partial charge < -0.3 is 19.7 Å². The Labute approximate surface area is 160 Å². The van der Waals surface area contributed by atoms with Crippen LogP contribution in [0.25, 0.3) is 0 Å². The zero-order valence-corrected chi connectivity index (χ0v) is 15.4. The lowest BCUT2D eigenvalue weighted by atomic mass is 10.1. The van der Waals surface area contributed by atoms with Gasteiger partial charge in [0.1, 0.15) is 11.5 Å². The van der Waals surface area contributed by atoms with Crippen molar-refractivity contribution in [1.82, 2.24) is 5.32 Å². The van der Waals surface area contributed by atoms with Crippen molar-refractivity contribution in [3.8, 4) is 11.5 Å². The Balaban J connectivity index is 1.77. The number of hydrogen-bond donors (Lipinski definition) is 1. The Morgan fingerprint density at radius 2 is 1.92 bits per heavy atom. The number of para-hydroxylation sites is 2. The van der Waals surface area contributed by atoms with Gasteiger partial charge in [0.15, 0.2) is 12.7 Å². The summed E-state index contributed by atoms with van der Waals surface area (Å²) in [6, 6.07) is 11.7. The minimum atomic E-state index is -0.792. The van der Waals surface area contributed by atoms with Gasteiger partial charge in [0.25, 0.3) is 11.8 Å². The lowest BCUT2D eigenvalue weighted by molar-refractivity contribution is -0.128. The summed E-state index contributed by atoms with van der Waals surface area (Å²) in [5, 5.41) is 3.36. The molecule has 0 aliphatic carbocycles. The minimum Gasteiger partial charge on any atom is -0.484 e. The molecule has 1 aliphatic heterocycles. The van der Waals surface area contributed by atoms with Crippen LogP contribution in [0.3, 0.4) is 0 Å². The lowest BCUT2D eigenvalue weighted by Gasteiger charge is -2.33. The highest BCUT2D eigenvalue weighted by Gasteiger charge is 2.33. The van der Waals surface area contributed by atoms with Crippen LogP contribution in [-0.4, -0.2) is 38.1 Å². The van der Waals surface area contributed by atoms with E-state index in [0.717, 1.165) is 0 Å². The SMILES string of the molecule is CNC(=O)[C@@H]1CN(C(=O)COc2cc(Cl)cc(Cl)c2)c2ccccc2O1. The summed E-state index contributed by atoms with van der Waals surface area (Å²) in [5.74, 6) is 0.234. The summed E-state index contributed by atoms with van der Waals surface area (Å²) in [7, 11) is 1.52. The Kier molecular flexibility index (Phi) is 5.54. The normalized spacial score (nSPS) is 15.7. The highest BCUT2D eigenvalue weighted by Crippen LogP contribution is 2.33. The zero-order valence-electron chi connectivity index (χ0n) is 13.9. The first-order valence-electron chi connectivity index (χ1n) is 7.84. The maximum absolute atomic E-state index is 12.7. The van der Waals surface area contributed by atoms with Gasteiger partial charge in [-0.05, 0) is 30.3 Å². The van der Waals surface area contributed by atoms with E-state index >= 15 is 0 Å². The number of benzene rings is 2. The maximum Gasteiger partial charge on any atom is 0.265 e. The third-order valence-electron chi connectivity index (χ3n) is 3.81. The van der Waals surface area contributed by atoms with Crippen molar-refractivity contribution in [2.45, 2.75) is 6.10 Å². The standard InChI is InChI=1S/C18H16Cl2N2O4/c1-21-18(24)16-9-22(14-4-2-3-5-15(14)26-16)17(23)10-25-13-7-11(19)6-12(20)8-13/h2-8,16H,9-10H2,1H3,(H,21,24)/t16-/m0/s1. The van der Waals surface area contributed by atoms with Gasteiger partial charge >= 0.3 is 0 Å². The number of carbonyl (C=O) groups excluding carboxylic acids is 2. The van der Waals surface area contributed by atoms with E-state index in [2.05, 4.69) is 5.32 Å². The molecular weight excluding hydrogens is 379 g/mol. The average Bonchev–Trinajstić information content (AvgIpc) is 2.63. The fourth-order valence-corrected chi connectivity index (χ4v) is 3.11. The number of halogens is 2. The van der Waals surface area contributed by atoms with Gasteiger partial charge in [-0.3, -0.25) is 9.59 Å². The average molecular weight is 395 g/mol. The topological polar surface area (TPSA) is 67.9 Å². The van der Waals surface area contributed by atoms with Crippen molar-refractivity contribution < 1.29 is 19.1 Å². The second kappa shape index (κ2) is 7.85. The molecule has 6 nitrogen and oxygen atoms in total. The largest absolute Gasteiger partial charge is 0.484 e. The quantitative estimate of drug-likeness (QED) is 0.865. The van der Waals surface area contributed by atoms with Crippen LogP contribution in [-0.2, 0) is 9.59 Å². The molecule has 3 rings (SSSR count). The van der Waals surface area contributed by atoms with Crippen LogP contribution in [0, 0.1) is 0 Å². The molecule has 0 saturated carbocycles. The minimum absolute atomic E-state index is 0.0924. The number of likely N-dealkylation sites (N-methyl/N-ethyl adjacent to an activating group) is 1. The summed E-state index contributed by atoms with van der Waals surface area (Å²) in [6.07, 6.45) is -0.792. The van der Waals surface area contributed by atoms with Crippen molar-refractivity contribution >= 4 is 40.7 Å². The van der Waals surface area contributed by atoms with E-state index < -0.39 is 6.10 Å².